The van der Waals surface area contributed by atoms with Crippen molar-refractivity contribution in [2.75, 3.05) is 40.0 Å². The molecule has 0 spiro atoms. The summed E-state index contributed by atoms with van der Waals surface area (Å²) in [6, 6.07) is 8.56. The summed E-state index contributed by atoms with van der Waals surface area (Å²) in [5.74, 6) is 1.19. The van der Waals surface area contributed by atoms with E-state index in [0.29, 0.717) is 46.2 Å². The third-order valence-electron chi connectivity index (χ3n) is 5.70. The van der Waals surface area contributed by atoms with Crippen molar-refractivity contribution < 1.29 is 18.4 Å². The summed E-state index contributed by atoms with van der Waals surface area (Å²) in [6.45, 7) is 2.28. The van der Waals surface area contributed by atoms with Gasteiger partial charge in [-0.2, -0.15) is 0 Å². The molecule has 4 rings (SSSR count). The number of fused-ring (bicyclic) bond motifs is 1. The molecule has 2 heterocycles. The zero-order valence-electron chi connectivity index (χ0n) is 21.5. The number of halogens is 1. The van der Waals surface area contributed by atoms with Crippen LogP contribution in [0.5, 0.6) is 11.5 Å². The molecule has 3 aromatic rings. The number of methoxy groups -OCH3 is 1. The molecule has 33 heavy (non-hydrogen) atoms. The van der Waals surface area contributed by atoms with Crippen molar-refractivity contribution in [3.63, 3.8) is 0 Å². The van der Waals surface area contributed by atoms with Crippen molar-refractivity contribution in [2.24, 2.45) is 0 Å². The van der Waals surface area contributed by atoms with Crippen LogP contribution in [-0.2, 0) is 4.79 Å². The number of rotatable bonds is 6. The number of hydrogen-bond donors (Lipinski definition) is 1. The predicted molar refractivity (Wildman–Crippen MR) is 130 cm³/mol. The summed E-state index contributed by atoms with van der Waals surface area (Å²) in [7, 11) is 0.865. The van der Waals surface area contributed by atoms with Gasteiger partial charge in [-0.25, -0.2) is 9.97 Å². The van der Waals surface area contributed by atoms with Crippen molar-refractivity contribution in [3.05, 3.63) is 47.2 Å². The molecule has 9 heteroatoms. The summed E-state index contributed by atoms with van der Waals surface area (Å²) in [6.07, 6.45) is 1.42. The first kappa shape index (κ1) is 19.4. The van der Waals surface area contributed by atoms with Crippen LogP contribution in [-0.4, -0.2) is 72.5 Å². The fraction of sp³-hybridized carbons (Fsp3) is 0.375. The van der Waals surface area contributed by atoms with Gasteiger partial charge < -0.3 is 19.7 Å². The van der Waals surface area contributed by atoms with Crippen LogP contribution in [0.15, 0.2) is 36.7 Å². The molecule has 1 aliphatic rings. The number of benzene rings is 2. The number of aromatic nitrogens is 2. The van der Waals surface area contributed by atoms with E-state index < -0.39 is 6.04 Å². The number of nitrogens with one attached hydrogen (secondary N) is 1. The van der Waals surface area contributed by atoms with Crippen LogP contribution in [0.3, 0.4) is 0 Å². The van der Waals surface area contributed by atoms with Crippen molar-refractivity contribution in [1.29, 1.82) is 0 Å². The maximum atomic E-state index is 12.8. The van der Waals surface area contributed by atoms with Crippen LogP contribution in [0, 0.1) is 6.92 Å². The van der Waals surface area contributed by atoms with Gasteiger partial charge in [0.25, 0.3) is 0 Å². The van der Waals surface area contributed by atoms with Gasteiger partial charge in [0, 0.05) is 53.3 Å². The highest BCUT2D eigenvalue weighted by Gasteiger charge is 2.36. The van der Waals surface area contributed by atoms with E-state index in [-0.39, 0.29) is 33.1 Å². The minimum atomic E-state index is -0.610. The number of carbonyl (C=O) groups excluding carboxylic acids is 1. The Morgan fingerprint density at radius 1 is 1.30 bits per heavy atom. The Kier molecular flexibility index (Phi) is 5.52. The van der Waals surface area contributed by atoms with Crippen molar-refractivity contribution in [3.8, 4) is 11.5 Å². The van der Waals surface area contributed by atoms with Crippen LogP contribution in [0.1, 0.15) is 16.1 Å². The Balaban J connectivity index is 1.63. The Morgan fingerprint density at radius 2 is 2.15 bits per heavy atom. The molecule has 0 aliphatic carbocycles. The summed E-state index contributed by atoms with van der Waals surface area (Å²) >= 11 is 6.28. The van der Waals surface area contributed by atoms with Crippen LogP contribution >= 0.6 is 11.6 Å². The molecule has 0 radical (unpaired) electrons. The lowest BCUT2D eigenvalue weighted by atomic mass is 10.1. The van der Waals surface area contributed by atoms with Gasteiger partial charge in [0.15, 0.2) is 11.5 Å². The highest BCUT2D eigenvalue weighted by Crippen LogP contribution is 2.37. The molecule has 1 amide bonds. The van der Waals surface area contributed by atoms with E-state index in [1.165, 1.54) is 6.33 Å². The maximum absolute atomic E-state index is 12.8. The molecular weight excluding hydrogens is 442 g/mol. The first-order valence-corrected chi connectivity index (χ1v) is 10.7. The average Bonchev–Trinajstić information content (AvgIpc) is 3.30. The molecule has 2 aromatic carbocycles. The highest BCUT2D eigenvalue weighted by molar-refractivity contribution is 6.31. The number of amides is 1. The SMILES string of the molecule is [2H]CN(C[2H])C(=O)[C@@H]1C[C@H](Oc2cc3c(Nc4cccc(Cl)c4C)ncnc3cc2OC)CN1C[2H]. The summed E-state index contributed by atoms with van der Waals surface area (Å²) in [5.41, 5.74) is 2.37. The lowest BCUT2D eigenvalue weighted by Gasteiger charge is -2.21. The Morgan fingerprint density at radius 3 is 2.91 bits per heavy atom. The lowest BCUT2D eigenvalue weighted by molar-refractivity contribution is -0.133. The van der Waals surface area contributed by atoms with Gasteiger partial charge >= 0.3 is 0 Å². The largest absolute Gasteiger partial charge is 0.493 e. The fourth-order valence-corrected chi connectivity index (χ4v) is 4.05. The molecule has 1 aliphatic heterocycles. The Bertz CT molecular complexity index is 1250. The topological polar surface area (TPSA) is 79.8 Å². The summed E-state index contributed by atoms with van der Waals surface area (Å²) < 4.78 is 34.7. The summed E-state index contributed by atoms with van der Waals surface area (Å²) in [4.78, 5) is 24.4. The van der Waals surface area contributed by atoms with E-state index in [9.17, 15) is 4.79 Å². The number of likely N-dealkylation sites (N-methyl/N-ethyl adjacent to an activating group) is 2. The average molecular weight is 473 g/mol. The van der Waals surface area contributed by atoms with Gasteiger partial charge in [-0.05, 0) is 37.7 Å². The number of likely N-dealkylation sites (tertiary alicyclic amines) is 1. The van der Waals surface area contributed by atoms with Gasteiger partial charge in [-0.1, -0.05) is 17.7 Å². The van der Waals surface area contributed by atoms with Gasteiger partial charge in [-0.15, -0.1) is 0 Å². The Labute approximate surface area is 202 Å². The second-order valence-electron chi connectivity index (χ2n) is 7.92. The minimum absolute atomic E-state index is 0.0874. The minimum Gasteiger partial charge on any atom is -0.493 e. The van der Waals surface area contributed by atoms with Crippen molar-refractivity contribution in [2.45, 2.75) is 25.5 Å². The van der Waals surface area contributed by atoms with Crippen LogP contribution in [0.4, 0.5) is 11.5 Å². The highest BCUT2D eigenvalue weighted by atomic mass is 35.5. The smallest absolute Gasteiger partial charge is 0.239 e. The van der Waals surface area contributed by atoms with E-state index in [1.54, 1.807) is 24.1 Å². The second kappa shape index (κ2) is 9.41. The van der Waals surface area contributed by atoms with Crippen LogP contribution in [0.2, 0.25) is 5.02 Å². The first-order valence-electron chi connectivity index (χ1n) is 12.4. The molecule has 1 aromatic heterocycles. The molecule has 174 valence electrons. The van der Waals surface area contributed by atoms with E-state index in [1.807, 2.05) is 25.1 Å². The molecule has 1 N–H and O–H groups in total. The van der Waals surface area contributed by atoms with E-state index in [0.717, 1.165) is 16.2 Å². The predicted octanol–water partition coefficient (Wildman–Crippen LogP) is 3.88. The normalized spacial score (nSPS) is 19.5. The zero-order valence-corrected chi connectivity index (χ0v) is 19.3. The third-order valence-corrected chi connectivity index (χ3v) is 6.11. The maximum Gasteiger partial charge on any atom is 0.239 e. The number of ether oxygens (including phenoxy) is 2. The number of hydrogen-bond acceptors (Lipinski definition) is 7. The van der Waals surface area contributed by atoms with Gasteiger partial charge in [0.05, 0.1) is 18.7 Å². The molecule has 1 fully saturated rings. The third kappa shape index (κ3) is 4.67. The summed E-state index contributed by atoms with van der Waals surface area (Å²) in [5, 5.41) is 4.68. The van der Waals surface area contributed by atoms with E-state index in [4.69, 9.17) is 25.2 Å². The zero-order chi connectivity index (χ0) is 25.8. The number of nitrogens with zero attached hydrogens (tertiary/aromatic N) is 4. The molecular formula is C24H28ClN5O3. The monoisotopic (exact) mass is 472 g/mol. The molecule has 0 unspecified atom stereocenters. The van der Waals surface area contributed by atoms with Gasteiger partial charge in [0.1, 0.15) is 18.2 Å². The molecule has 8 nitrogen and oxygen atoms in total. The first-order chi connectivity index (χ1) is 17.4. The number of anilines is 2. The van der Waals surface area contributed by atoms with Crippen LogP contribution < -0.4 is 14.8 Å². The molecule has 0 bridgehead atoms. The van der Waals surface area contributed by atoms with Gasteiger partial charge in [0.2, 0.25) is 5.91 Å². The standard InChI is InChI=1S/C24H28ClN5O3/c1-14-17(25)7-6-8-18(14)28-23-16-10-22(21(32-5)11-19(16)26-13-27-23)33-15-9-20(30(4)12-15)24(31)29(2)3/h6-8,10-11,13,15,20H,9,12H2,1-5H3,(H,26,27,28)/t15-,20-/m0/s1/i2D,3D,4D. The second-order valence-corrected chi connectivity index (χ2v) is 8.33. The molecule has 2 atom stereocenters. The lowest BCUT2D eigenvalue weighted by Crippen LogP contribution is -2.40. The fourth-order valence-electron chi connectivity index (χ4n) is 3.88. The van der Waals surface area contributed by atoms with Crippen molar-refractivity contribution >= 4 is 39.9 Å². The van der Waals surface area contributed by atoms with Crippen LogP contribution in [0.25, 0.3) is 10.9 Å². The quantitative estimate of drug-likeness (QED) is 0.583. The number of carbonyl (C=O) groups is 1. The molecule has 0 saturated carbocycles. The Hall–Kier alpha value is -3.10. The van der Waals surface area contributed by atoms with Crippen molar-refractivity contribution in [1.82, 2.24) is 19.8 Å². The van der Waals surface area contributed by atoms with E-state index >= 15 is 0 Å². The molecule has 1 saturated heterocycles. The van der Waals surface area contributed by atoms with Gasteiger partial charge in [-0.3, -0.25) is 9.69 Å². The van der Waals surface area contributed by atoms with E-state index in [2.05, 4.69) is 15.3 Å².